The molecule has 0 bridgehead atoms. The lowest BCUT2D eigenvalue weighted by Gasteiger charge is -2.32. The summed E-state index contributed by atoms with van der Waals surface area (Å²) in [5.74, 6) is -0.423. The number of fused-ring (bicyclic) bond motifs is 1. The molecule has 0 radical (unpaired) electrons. The van der Waals surface area contributed by atoms with E-state index in [0.717, 1.165) is 35.6 Å². The van der Waals surface area contributed by atoms with Crippen LogP contribution in [-0.4, -0.2) is 38.3 Å². The van der Waals surface area contributed by atoms with Crippen LogP contribution in [0.5, 0.6) is 0 Å². The summed E-state index contributed by atoms with van der Waals surface area (Å²) in [6.07, 6.45) is 5.44. The molecule has 1 atom stereocenters. The number of aromatic nitrogens is 3. The minimum atomic E-state index is -0.401. The Morgan fingerprint density at radius 1 is 1.13 bits per heavy atom. The number of hydrogen-bond acceptors (Lipinski definition) is 3. The van der Waals surface area contributed by atoms with E-state index in [9.17, 15) is 9.18 Å². The average Bonchev–Trinajstić information content (AvgIpc) is 3.22. The molecule has 1 unspecified atom stereocenters. The van der Waals surface area contributed by atoms with Gasteiger partial charge in [-0.15, -0.1) is 0 Å². The van der Waals surface area contributed by atoms with Crippen molar-refractivity contribution in [1.29, 1.82) is 0 Å². The van der Waals surface area contributed by atoms with Crippen LogP contribution in [0.3, 0.4) is 0 Å². The summed E-state index contributed by atoms with van der Waals surface area (Å²) >= 11 is 6.16. The fraction of sp³-hybridized carbons (Fsp3) is 0.208. The van der Waals surface area contributed by atoms with Gasteiger partial charge in [-0.3, -0.25) is 14.2 Å². The summed E-state index contributed by atoms with van der Waals surface area (Å²) in [6.45, 7) is 1.22. The number of hydrogen-bond donors (Lipinski definition) is 0. The smallest absolute Gasteiger partial charge is 0.253 e. The van der Waals surface area contributed by atoms with Gasteiger partial charge in [-0.25, -0.2) is 9.37 Å². The van der Waals surface area contributed by atoms with Gasteiger partial charge in [0.05, 0.1) is 22.6 Å². The zero-order valence-corrected chi connectivity index (χ0v) is 17.5. The van der Waals surface area contributed by atoms with E-state index in [0.29, 0.717) is 23.7 Å². The zero-order chi connectivity index (χ0) is 21.4. The first-order valence-electron chi connectivity index (χ1n) is 10.2. The van der Waals surface area contributed by atoms with Crippen LogP contribution in [0, 0.1) is 5.82 Å². The standard InChI is InChI=1S/C24H20ClFN4O/c25-18-9-10-23-27-13-22(30(23)15-18)21-8-2-7-20(28-21)17-5-3-11-29(14-17)24(31)16-4-1-6-19(26)12-16/h1-2,4,6-10,12-13,15,17H,3,5,11,14H2. The lowest BCUT2D eigenvalue weighted by molar-refractivity contribution is 0.0705. The van der Waals surface area contributed by atoms with Gasteiger partial charge in [-0.05, 0) is 55.3 Å². The molecule has 3 aromatic heterocycles. The van der Waals surface area contributed by atoms with Gasteiger partial charge < -0.3 is 4.90 Å². The Kier molecular flexibility index (Phi) is 5.16. The van der Waals surface area contributed by atoms with Crippen molar-refractivity contribution >= 4 is 23.2 Å². The fourth-order valence-electron chi connectivity index (χ4n) is 4.17. The molecule has 1 aromatic carbocycles. The van der Waals surface area contributed by atoms with Crippen LogP contribution >= 0.6 is 11.6 Å². The van der Waals surface area contributed by atoms with Crippen molar-refractivity contribution in [1.82, 2.24) is 19.3 Å². The van der Waals surface area contributed by atoms with Gasteiger partial charge in [0.1, 0.15) is 11.5 Å². The molecule has 1 saturated heterocycles. The molecule has 1 amide bonds. The number of nitrogens with zero attached hydrogens (tertiary/aromatic N) is 4. The lowest BCUT2D eigenvalue weighted by Crippen LogP contribution is -2.39. The Morgan fingerprint density at radius 3 is 2.87 bits per heavy atom. The van der Waals surface area contributed by atoms with Gasteiger partial charge in [-0.1, -0.05) is 23.7 Å². The summed E-state index contributed by atoms with van der Waals surface area (Å²) in [5.41, 5.74) is 3.79. The molecular weight excluding hydrogens is 415 g/mol. The quantitative estimate of drug-likeness (QED) is 0.445. The van der Waals surface area contributed by atoms with Crippen LogP contribution in [0.1, 0.15) is 34.8 Å². The SMILES string of the molecule is O=C(c1cccc(F)c1)N1CCCC(c2cccc(-c3cnc4ccc(Cl)cn34)n2)C1. The first-order chi connectivity index (χ1) is 15.1. The van der Waals surface area contributed by atoms with Crippen LogP contribution in [0.2, 0.25) is 5.02 Å². The first-order valence-corrected chi connectivity index (χ1v) is 10.6. The Balaban J connectivity index is 1.41. The molecule has 5 nitrogen and oxygen atoms in total. The Morgan fingerprint density at radius 2 is 2.00 bits per heavy atom. The average molecular weight is 435 g/mol. The number of carbonyl (C=O) groups excluding carboxylic acids is 1. The van der Waals surface area contributed by atoms with E-state index in [1.165, 1.54) is 12.1 Å². The van der Waals surface area contributed by atoms with Gasteiger partial charge in [0.2, 0.25) is 0 Å². The fourth-order valence-corrected chi connectivity index (χ4v) is 4.33. The molecule has 1 aliphatic heterocycles. The van der Waals surface area contributed by atoms with Crippen molar-refractivity contribution < 1.29 is 9.18 Å². The summed E-state index contributed by atoms with van der Waals surface area (Å²) in [7, 11) is 0. The van der Waals surface area contributed by atoms with Crippen molar-refractivity contribution in [2.45, 2.75) is 18.8 Å². The van der Waals surface area contributed by atoms with Crippen LogP contribution in [0.4, 0.5) is 4.39 Å². The minimum absolute atomic E-state index is 0.119. The van der Waals surface area contributed by atoms with Crippen molar-refractivity contribution in [2.75, 3.05) is 13.1 Å². The predicted molar refractivity (Wildman–Crippen MR) is 118 cm³/mol. The Labute approximate surface area is 184 Å². The van der Waals surface area contributed by atoms with E-state index in [2.05, 4.69) is 4.98 Å². The molecule has 1 aliphatic rings. The topological polar surface area (TPSA) is 50.5 Å². The third-order valence-corrected chi connectivity index (χ3v) is 5.92. The normalized spacial score (nSPS) is 16.6. The van der Waals surface area contributed by atoms with Gasteiger partial charge in [0, 0.05) is 36.5 Å². The summed E-state index contributed by atoms with van der Waals surface area (Å²) in [4.78, 5) is 24.0. The molecule has 7 heteroatoms. The van der Waals surface area contributed by atoms with Crippen LogP contribution in [0.15, 0.2) is 67.0 Å². The van der Waals surface area contributed by atoms with E-state index in [1.54, 1.807) is 23.2 Å². The Bertz CT molecular complexity index is 1270. The summed E-state index contributed by atoms with van der Waals surface area (Å²) in [5, 5.41) is 0.627. The highest BCUT2D eigenvalue weighted by Crippen LogP contribution is 2.29. The van der Waals surface area contributed by atoms with E-state index in [-0.39, 0.29) is 11.8 Å². The maximum Gasteiger partial charge on any atom is 0.253 e. The largest absolute Gasteiger partial charge is 0.338 e. The molecule has 0 aliphatic carbocycles. The third kappa shape index (κ3) is 3.91. The lowest BCUT2D eigenvalue weighted by atomic mass is 9.93. The second-order valence-corrected chi connectivity index (χ2v) is 8.20. The molecule has 0 spiro atoms. The number of rotatable bonds is 3. The monoisotopic (exact) mass is 434 g/mol. The van der Waals surface area contributed by atoms with Crippen LogP contribution < -0.4 is 0 Å². The number of imidazole rings is 1. The Hall–Kier alpha value is -3.25. The van der Waals surface area contributed by atoms with Gasteiger partial charge in [-0.2, -0.15) is 0 Å². The van der Waals surface area contributed by atoms with Crippen LogP contribution in [0.25, 0.3) is 17.0 Å². The molecule has 31 heavy (non-hydrogen) atoms. The molecule has 0 saturated carbocycles. The third-order valence-electron chi connectivity index (χ3n) is 5.70. The summed E-state index contributed by atoms with van der Waals surface area (Å²) in [6, 6.07) is 15.5. The van der Waals surface area contributed by atoms with Crippen molar-refractivity contribution in [3.05, 3.63) is 89.1 Å². The van der Waals surface area contributed by atoms with E-state index in [1.807, 2.05) is 40.9 Å². The molecule has 4 heterocycles. The maximum atomic E-state index is 13.6. The summed E-state index contributed by atoms with van der Waals surface area (Å²) < 4.78 is 15.5. The van der Waals surface area contributed by atoms with Gasteiger partial charge in [0.25, 0.3) is 5.91 Å². The first kappa shape index (κ1) is 19.7. The molecule has 5 rings (SSSR count). The maximum absolute atomic E-state index is 13.6. The van der Waals surface area contributed by atoms with E-state index in [4.69, 9.17) is 16.6 Å². The van der Waals surface area contributed by atoms with Crippen LogP contribution in [-0.2, 0) is 0 Å². The highest BCUT2D eigenvalue weighted by atomic mass is 35.5. The number of piperidine rings is 1. The number of likely N-dealkylation sites (tertiary alicyclic amines) is 1. The van der Waals surface area contributed by atoms with Crippen molar-refractivity contribution in [3.63, 3.8) is 0 Å². The number of carbonyl (C=O) groups is 1. The number of pyridine rings is 2. The zero-order valence-electron chi connectivity index (χ0n) is 16.7. The van der Waals surface area contributed by atoms with Crippen molar-refractivity contribution in [2.24, 2.45) is 0 Å². The van der Waals surface area contributed by atoms with E-state index >= 15 is 0 Å². The molecule has 1 fully saturated rings. The predicted octanol–water partition coefficient (Wildman–Crippen LogP) is 5.21. The second-order valence-electron chi connectivity index (χ2n) is 7.77. The minimum Gasteiger partial charge on any atom is -0.338 e. The molecular formula is C24H20ClFN4O. The second kappa shape index (κ2) is 8.12. The number of benzene rings is 1. The highest BCUT2D eigenvalue weighted by Gasteiger charge is 2.27. The van der Waals surface area contributed by atoms with E-state index < -0.39 is 5.82 Å². The highest BCUT2D eigenvalue weighted by molar-refractivity contribution is 6.30. The number of amides is 1. The molecule has 156 valence electrons. The number of halogens is 2. The van der Waals surface area contributed by atoms with Gasteiger partial charge >= 0.3 is 0 Å². The molecule has 0 N–H and O–H groups in total. The van der Waals surface area contributed by atoms with Gasteiger partial charge in [0.15, 0.2) is 0 Å². The molecule has 4 aromatic rings. The van der Waals surface area contributed by atoms with Crippen molar-refractivity contribution in [3.8, 4) is 11.4 Å².